The van der Waals surface area contributed by atoms with Crippen LogP contribution in [0.4, 0.5) is 0 Å². The van der Waals surface area contributed by atoms with E-state index in [4.69, 9.17) is 9.47 Å². The van der Waals surface area contributed by atoms with Gasteiger partial charge < -0.3 is 14.6 Å². The number of methoxy groups -OCH3 is 1. The van der Waals surface area contributed by atoms with Crippen LogP contribution in [0.3, 0.4) is 0 Å². The zero-order valence-electron chi connectivity index (χ0n) is 21.7. The Morgan fingerprint density at radius 1 is 1.03 bits per heavy atom. The fraction of sp³-hybridized carbons (Fsp3) is 0.300. The number of benzene rings is 3. The summed E-state index contributed by atoms with van der Waals surface area (Å²) in [7, 11) is 1.61. The Hall–Kier alpha value is -4.53. The van der Waals surface area contributed by atoms with E-state index < -0.39 is 23.7 Å². The summed E-state index contributed by atoms with van der Waals surface area (Å²) in [5.41, 5.74) is 2.48. The minimum atomic E-state index is -1.05. The van der Waals surface area contributed by atoms with Gasteiger partial charge in [0.1, 0.15) is 23.6 Å². The number of nitrogens with zero attached hydrogens (tertiary/aromatic N) is 3. The second kappa shape index (κ2) is 11.1. The molecule has 1 aliphatic rings. The van der Waals surface area contributed by atoms with Crippen molar-refractivity contribution in [2.45, 2.75) is 32.9 Å². The SMILES string of the molecule is COc1cccc(COc2ccc(C(=O)[C@H]3CC[C@@H](Cn4nnc5ccc(C)cc5c4=O)[C@@H]3C(=O)O)cc2)c1. The first-order valence-electron chi connectivity index (χ1n) is 12.8. The molecule has 0 bridgehead atoms. The van der Waals surface area contributed by atoms with Crippen LogP contribution in [0.1, 0.15) is 34.3 Å². The van der Waals surface area contributed by atoms with E-state index in [2.05, 4.69) is 10.3 Å². The maximum absolute atomic E-state index is 13.4. The molecule has 1 fully saturated rings. The second-order valence-electron chi connectivity index (χ2n) is 9.93. The smallest absolute Gasteiger partial charge is 0.307 e. The number of ketones is 1. The van der Waals surface area contributed by atoms with Gasteiger partial charge in [0.25, 0.3) is 5.56 Å². The zero-order valence-corrected chi connectivity index (χ0v) is 21.7. The molecule has 0 unspecified atom stereocenters. The zero-order chi connectivity index (χ0) is 27.5. The molecule has 200 valence electrons. The molecule has 0 spiro atoms. The molecule has 1 aromatic heterocycles. The summed E-state index contributed by atoms with van der Waals surface area (Å²) in [6.07, 6.45) is 0.915. The Balaban J connectivity index is 1.28. The fourth-order valence-corrected chi connectivity index (χ4v) is 5.34. The molecule has 1 saturated carbocycles. The van der Waals surface area contributed by atoms with Gasteiger partial charge in [0.05, 0.1) is 25.0 Å². The molecule has 0 amide bonds. The number of hydrogen-bond donors (Lipinski definition) is 1. The molecule has 39 heavy (non-hydrogen) atoms. The maximum Gasteiger partial charge on any atom is 0.307 e. The average Bonchev–Trinajstić information content (AvgIpc) is 3.37. The topological polar surface area (TPSA) is 121 Å². The molecular weight excluding hydrogens is 498 g/mol. The molecule has 0 aliphatic heterocycles. The van der Waals surface area contributed by atoms with E-state index >= 15 is 0 Å². The summed E-state index contributed by atoms with van der Waals surface area (Å²) in [6, 6.07) is 19.7. The van der Waals surface area contributed by atoms with Crippen molar-refractivity contribution in [2.24, 2.45) is 17.8 Å². The van der Waals surface area contributed by atoms with Crippen LogP contribution in [0.5, 0.6) is 11.5 Å². The van der Waals surface area contributed by atoms with Crippen LogP contribution in [0, 0.1) is 24.7 Å². The molecule has 1 aliphatic carbocycles. The number of aliphatic carboxylic acids is 1. The predicted molar refractivity (Wildman–Crippen MR) is 144 cm³/mol. The highest BCUT2D eigenvalue weighted by Gasteiger charge is 2.45. The van der Waals surface area contributed by atoms with Gasteiger partial charge in [-0.25, -0.2) is 4.68 Å². The molecule has 3 aromatic carbocycles. The predicted octanol–water partition coefficient (Wildman–Crippen LogP) is 4.30. The van der Waals surface area contributed by atoms with Crippen molar-refractivity contribution in [3.63, 3.8) is 0 Å². The quantitative estimate of drug-likeness (QED) is 0.320. The van der Waals surface area contributed by atoms with E-state index in [0.29, 0.717) is 41.7 Å². The molecule has 3 atom stereocenters. The summed E-state index contributed by atoms with van der Waals surface area (Å²) in [4.78, 5) is 38.7. The van der Waals surface area contributed by atoms with Gasteiger partial charge in [-0.1, -0.05) is 29.0 Å². The number of ether oxygens (including phenoxy) is 2. The Labute approximate surface area is 225 Å². The summed E-state index contributed by atoms with van der Waals surface area (Å²) >= 11 is 0. The Kier molecular flexibility index (Phi) is 7.40. The van der Waals surface area contributed by atoms with Gasteiger partial charge in [0.2, 0.25) is 0 Å². The molecule has 0 saturated heterocycles. The van der Waals surface area contributed by atoms with Crippen molar-refractivity contribution in [1.29, 1.82) is 0 Å². The molecule has 5 rings (SSSR count). The molecule has 0 radical (unpaired) electrons. The number of Topliss-reactive ketones (excluding diaryl/α,β-unsaturated/α-hetero) is 1. The number of hydrogen-bond acceptors (Lipinski definition) is 7. The number of aryl methyl sites for hydroxylation is 1. The lowest BCUT2D eigenvalue weighted by Crippen LogP contribution is -2.34. The van der Waals surface area contributed by atoms with Gasteiger partial charge in [0.15, 0.2) is 5.78 Å². The monoisotopic (exact) mass is 527 g/mol. The van der Waals surface area contributed by atoms with E-state index in [1.165, 1.54) is 4.68 Å². The van der Waals surface area contributed by atoms with E-state index in [0.717, 1.165) is 16.9 Å². The van der Waals surface area contributed by atoms with Gasteiger partial charge >= 0.3 is 5.97 Å². The van der Waals surface area contributed by atoms with E-state index in [1.54, 1.807) is 43.5 Å². The molecule has 9 heteroatoms. The number of carboxylic acids is 1. The van der Waals surface area contributed by atoms with E-state index in [-0.39, 0.29) is 17.9 Å². The highest BCUT2D eigenvalue weighted by Crippen LogP contribution is 2.40. The maximum atomic E-state index is 13.4. The van der Waals surface area contributed by atoms with Crippen LogP contribution in [0.25, 0.3) is 10.9 Å². The van der Waals surface area contributed by atoms with Crippen LogP contribution < -0.4 is 15.0 Å². The molecule has 1 N–H and O–H groups in total. The first kappa shape index (κ1) is 26.1. The first-order chi connectivity index (χ1) is 18.8. The minimum Gasteiger partial charge on any atom is -0.497 e. The van der Waals surface area contributed by atoms with Crippen LogP contribution in [0.15, 0.2) is 71.5 Å². The largest absolute Gasteiger partial charge is 0.497 e. The summed E-state index contributed by atoms with van der Waals surface area (Å²) in [5, 5.41) is 18.7. The van der Waals surface area contributed by atoms with Crippen molar-refractivity contribution in [3.8, 4) is 11.5 Å². The van der Waals surface area contributed by atoms with Gasteiger partial charge in [-0.15, -0.1) is 5.10 Å². The van der Waals surface area contributed by atoms with Crippen LogP contribution >= 0.6 is 0 Å². The van der Waals surface area contributed by atoms with Gasteiger partial charge in [0, 0.05) is 11.5 Å². The molecular formula is C30H29N3O6. The number of carbonyl (C=O) groups excluding carboxylic acids is 1. The minimum absolute atomic E-state index is 0.0908. The number of carbonyl (C=O) groups is 2. The fourth-order valence-electron chi connectivity index (χ4n) is 5.34. The average molecular weight is 528 g/mol. The van der Waals surface area contributed by atoms with Gasteiger partial charge in [-0.3, -0.25) is 14.4 Å². The van der Waals surface area contributed by atoms with Gasteiger partial charge in [-0.2, -0.15) is 0 Å². The Morgan fingerprint density at radius 3 is 2.56 bits per heavy atom. The van der Waals surface area contributed by atoms with Crippen molar-refractivity contribution < 1.29 is 24.2 Å². The van der Waals surface area contributed by atoms with Crippen molar-refractivity contribution in [2.75, 3.05) is 7.11 Å². The lowest BCUT2D eigenvalue weighted by Gasteiger charge is -2.20. The molecule has 9 nitrogen and oxygen atoms in total. The third kappa shape index (κ3) is 5.52. The van der Waals surface area contributed by atoms with Crippen molar-refractivity contribution in [1.82, 2.24) is 15.0 Å². The summed E-state index contributed by atoms with van der Waals surface area (Å²) < 4.78 is 12.3. The standard InChI is InChI=1S/C30H29N3O6/c1-18-6-13-26-25(14-18)29(35)33(32-31-26)16-21-9-12-24(27(21)30(36)37)28(34)20-7-10-22(11-8-20)39-17-19-4-3-5-23(15-19)38-2/h3-8,10-11,13-15,21,24,27H,9,12,16-17H2,1-2H3,(H,36,37)/t21-,24-,27-/m0/s1. The Bertz CT molecular complexity index is 1580. The first-order valence-corrected chi connectivity index (χ1v) is 12.8. The van der Waals surface area contributed by atoms with E-state index in [1.807, 2.05) is 37.3 Å². The number of aromatic nitrogens is 3. The highest BCUT2D eigenvalue weighted by molar-refractivity contribution is 6.00. The number of fused-ring (bicyclic) bond motifs is 1. The normalized spacial score (nSPS) is 18.7. The number of carboxylic acid groups (broad SMARTS) is 1. The van der Waals surface area contributed by atoms with Crippen molar-refractivity contribution >= 4 is 22.7 Å². The molecule has 1 heterocycles. The number of rotatable bonds is 9. The Morgan fingerprint density at radius 2 is 1.82 bits per heavy atom. The highest BCUT2D eigenvalue weighted by atomic mass is 16.5. The van der Waals surface area contributed by atoms with Crippen LogP contribution in [-0.2, 0) is 17.9 Å². The van der Waals surface area contributed by atoms with Gasteiger partial charge in [-0.05, 0) is 79.8 Å². The second-order valence-corrected chi connectivity index (χ2v) is 9.93. The third-order valence-electron chi connectivity index (χ3n) is 7.37. The lowest BCUT2D eigenvalue weighted by molar-refractivity contribution is -0.144. The molecule has 4 aromatic rings. The van der Waals surface area contributed by atoms with Crippen LogP contribution in [0.2, 0.25) is 0 Å². The van der Waals surface area contributed by atoms with Crippen LogP contribution in [-0.4, -0.2) is 39.0 Å². The summed E-state index contributed by atoms with van der Waals surface area (Å²) in [6.45, 7) is 2.32. The third-order valence-corrected chi connectivity index (χ3v) is 7.37. The lowest BCUT2D eigenvalue weighted by atomic mass is 9.84. The van der Waals surface area contributed by atoms with E-state index in [9.17, 15) is 19.5 Å². The van der Waals surface area contributed by atoms with Crippen molar-refractivity contribution in [3.05, 3.63) is 93.8 Å². The summed E-state index contributed by atoms with van der Waals surface area (Å²) in [5.74, 6) is -1.98.